The second kappa shape index (κ2) is 6.82. The molecule has 8 nitrogen and oxygen atoms in total. The molecule has 2 N–H and O–H groups in total. The maximum Gasteiger partial charge on any atom is 0.339 e. The van der Waals surface area contributed by atoms with Gasteiger partial charge >= 0.3 is 16.2 Å². The summed E-state index contributed by atoms with van der Waals surface area (Å²) in [6.45, 7) is 0.993. The topological polar surface area (TPSA) is 105 Å². The van der Waals surface area contributed by atoms with Crippen LogP contribution in [0.25, 0.3) is 0 Å². The maximum absolute atomic E-state index is 12.4. The van der Waals surface area contributed by atoms with Crippen LogP contribution in [0.5, 0.6) is 5.75 Å². The highest BCUT2D eigenvalue weighted by Crippen LogP contribution is 2.35. The molecule has 0 aromatic heterocycles. The Kier molecular flexibility index (Phi) is 5.27. The molecule has 1 aromatic carbocycles. The lowest BCUT2D eigenvalue weighted by molar-refractivity contribution is 0.0696. The van der Waals surface area contributed by atoms with Crippen molar-refractivity contribution in [3.63, 3.8) is 0 Å². The zero-order valence-electron chi connectivity index (χ0n) is 11.7. The van der Waals surface area contributed by atoms with Gasteiger partial charge in [0.15, 0.2) is 0 Å². The van der Waals surface area contributed by atoms with Gasteiger partial charge in [0.05, 0.1) is 20.3 Å². The SMILES string of the molecule is COc1ccc(Br)c(C(=O)O)c1NS(=O)(=O)N1CCOCC1. The molecule has 10 heteroatoms. The Labute approximate surface area is 136 Å². The summed E-state index contributed by atoms with van der Waals surface area (Å²) < 4.78 is 38.7. The molecule has 0 unspecified atom stereocenters. The first kappa shape index (κ1) is 17.0. The van der Waals surface area contributed by atoms with Crippen molar-refractivity contribution in [3.8, 4) is 5.75 Å². The number of ether oxygens (including phenoxy) is 2. The number of halogens is 1. The van der Waals surface area contributed by atoms with Crippen LogP contribution < -0.4 is 9.46 Å². The van der Waals surface area contributed by atoms with Gasteiger partial charge in [0, 0.05) is 17.6 Å². The Bertz CT molecular complexity index is 672. The Balaban J connectivity index is 2.43. The van der Waals surface area contributed by atoms with E-state index in [1.54, 1.807) is 0 Å². The van der Waals surface area contributed by atoms with E-state index in [1.807, 2.05) is 0 Å². The third kappa shape index (κ3) is 3.51. The van der Waals surface area contributed by atoms with Crippen molar-refractivity contribution in [2.45, 2.75) is 0 Å². The van der Waals surface area contributed by atoms with Crippen LogP contribution in [-0.4, -0.2) is 57.2 Å². The molecule has 1 aliphatic heterocycles. The normalized spacial score (nSPS) is 16.3. The highest BCUT2D eigenvalue weighted by Gasteiger charge is 2.28. The zero-order chi connectivity index (χ0) is 16.3. The number of hydrogen-bond donors (Lipinski definition) is 2. The summed E-state index contributed by atoms with van der Waals surface area (Å²) in [7, 11) is -2.57. The van der Waals surface area contributed by atoms with Crippen molar-refractivity contribution in [3.05, 3.63) is 22.2 Å². The molecule has 22 heavy (non-hydrogen) atoms. The van der Waals surface area contributed by atoms with Crippen LogP contribution in [0.15, 0.2) is 16.6 Å². The number of rotatable bonds is 5. The molecule has 2 rings (SSSR count). The van der Waals surface area contributed by atoms with Crippen LogP contribution in [0.3, 0.4) is 0 Å². The van der Waals surface area contributed by atoms with Crippen LogP contribution in [0.1, 0.15) is 10.4 Å². The van der Waals surface area contributed by atoms with E-state index in [9.17, 15) is 18.3 Å². The molecule has 0 aliphatic carbocycles. The average molecular weight is 395 g/mol. The quantitative estimate of drug-likeness (QED) is 0.775. The first-order chi connectivity index (χ1) is 10.4. The summed E-state index contributed by atoms with van der Waals surface area (Å²) in [5, 5.41) is 9.32. The summed E-state index contributed by atoms with van der Waals surface area (Å²) in [5.74, 6) is -1.15. The predicted molar refractivity (Wildman–Crippen MR) is 82.6 cm³/mol. The number of nitrogens with zero attached hydrogens (tertiary/aromatic N) is 1. The van der Waals surface area contributed by atoms with Gasteiger partial charge in [0.1, 0.15) is 17.0 Å². The summed E-state index contributed by atoms with van der Waals surface area (Å²) in [6, 6.07) is 2.96. The third-order valence-corrected chi connectivity index (χ3v) is 5.26. The summed E-state index contributed by atoms with van der Waals surface area (Å²) in [4.78, 5) is 11.4. The largest absolute Gasteiger partial charge is 0.495 e. The van der Waals surface area contributed by atoms with E-state index >= 15 is 0 Å². The number of hydrogen-bond acceptors (Lipinski definition) is 5. The van der Waals surface area contributed by atoms with E-state index in [0.29, 0.717) is 13.2 Å². The fraction of sp³-hybridized carbons (Fsp3) is 0.417. The monoisotopic (exact) mass is 394 g/mol. The molecule has 0 spiro atoms. The van der Waals surface area contributed by atoms with E-state index in [2.05, 4.69) is 20.7 Å². The van der Waals surface area contributed by atoms with Crippen LogP contribution >= 0.6 is 15.9 Å². The molecular weight excluding hydrogens is 380 g/mol. The molecule has 0 saturated carbocycles. The number of benzene rings is 1. The van der Waals surface area contributed by atoms with Gasteiger partial charge in [-0.2, -0.15) is 12.7 Å². The number of methoxy groups -OCH3 is 1. The van der Waals surface area contributed by atoms with Crippen molar-refractivity contribution in [1.29, 1.82) is 0 Å². The van der Waals surface area contributed by atoms with Gasteiger partial charge in [-0.3, -0.25) is 4.72 Å². The Morgan fingerprint density at radius 1 is 1.41 bits per heavy atom. The van der Waals surface area contributed by atoms with Crippen LogP contribution in [-0.2, 0) is 14.9 Å². The van der Waals surface area contributed by atoms with Gasteiger partial charge in [-0.05, 0) is 28.1 Å². The molecule has 1 heterocycles. The van der Waals surface area contributed by atoms with Crippen LogP contribution in [0, 0.1) is 0 Å². The first-order valence-corrected chi connectivity index (χ1v) is 8.55. The van der Waals surface area contributed by atoms with Crippen molar-refractivity contribution in [2.24, 2.45) is 0 Å². The van der Waals surface area contributed by atoms with Crippen molar-refractivity contribution >= 4 is 37.8 Å². The van der Waals surface area contributed by atoms with E-state index in [1.165, 1.54) is 23.5 Å². The second-order valence-corrected chi connectivity index (χ2v) is 6.95. The van der Waals surface area contributed by atoms with E-state index < -0.39 is 16.2 Å². The minimum absolute atomic E-state index is 0.115. The standard InChI is InChI=1S/C12H15BrN2O6S/c1-20-9-3-2-8(13)10(12(16)17)11(9)14-22(18,19)15-4-6-21-7-5-15/h2-3,14H,4-7H2,1H3,(H,16,17). The van der Waals surface area contributed by atoms with Crippen molar-refractivity contribution in [1.82, 2.24) is 4.31 Å². The molecular formula is C12H15BrN2O6S. The first-order valence-electron chi connectivity index (χ1n) is 6.32. The lowest BCUT2D eigenvalue weighted by atomic mass is 10.1. The van der Waals surface area contributed by atoms with Crippen LogP contribution in [0.4, 0.5) is 5.69 Å². The Morgan fingerprint density at radius 3 is 2.59 bits per heavy atom. The third-order valence-electron chi connectivity index (χ3n) is 3.09. The molecule has 1 saturated heterocycles. The minimum Gasteiger partial charge on any atom is -0.495 e. The average Bonchev–Trinajstić information content (AvgIpc) is 2.48. The number of carboxylic acid groups (broad SMARTS) is 1. The molecule has 1 aromatic rings. The predicted octanol–water partition coefficient (Wildman–Crippen LogP) is 1.14. The van der Waals surface area contributed by atoms with Crippen LogP contribution in [0.2, 0.25) is 0 Å². The lowest BCUT2D eigenvalue weighted by Crippen LogP contribution is -2.43. The van der Waals surface area contributed by atoms with Gasteiger partial charge in [-0.1, -0.05) is 0 Å². The minimum atomic E-state index is -3.90. The number of aromatic carboxylic acids is 1. The van der Waals surface area contributed by atoms with E-state index in [4.69, 9.17) is 9.47 Å². The van der Waals surface area contributed by atoms with Gasteiger partial charge in [-0.25, -0.2) is 4.79 Å². The van der Waals surface area contributed by atoms with Gasteiger partial charge in [0.2, 0.25) is 0 Å². The Hall–Kier alpha value is -1.36. The summed E-state index contributed by atoms with van der Waals surface area (Å²) in [6.07, 6.45) is 0. The zero-order valence-corrected chi connectivity index (χ0v) is 14.1. The molecule has 1 aliphatic rings. The smallest absolute Gasteiger partial charge is 0.339 e. The molecule has 122 valence electrons. The highest BCUT2D eigenvalue weighted by molar-refractivity contribution is 9.10. The van der Waals surface area contributed by atoms with E-state index in [-0.39, 0.29) is 34.6 Å². The Morgan fingerprint density at radius 2 is 2.05 bits per heavy atom. The number of anilines is 1. The second-order valence-electron chi connectivity index (χ2n) is 4.42. The molecule has 0 atom stereocenters. The summed E-state index contributed by atoms with van der Waals surface area (Å²) >= 11 is 3.11. The van der Waals surface area contributed by atoms with Gasteiger partial charge in [0.25, 0.3) is 0 Å². The highest BCUT2D eigenvalue weighted by atomic mass is 79.9. The van der Waals surface area contributed by atoms with Crippen molar-refractivity contribution in [2.75, 3.05) is 38.1 Å². The number of carbonyl (C=O) groups is 1. The molecule has 1 fully saturated rings. The maximum atomic E-state index is 12.4. The van der Waals surface area contributed by atoms with Crippen molar-refractivity contribution < 1.29 is 27.8 Å². The molecule has 0 amide bonds. The number of nitrogens with one attached hydrogen (secondary N) is 1. The summed E-state index contributed by atoms with van der Waals surface area (Å²) in [5.41, 5.74) is -0.327. The molecule has 0 radical (unpaired) electrons. The lowest BCUT2D eigenvalue weighted by Gasteiger charge is -2.27. The fourth-order valence-electron chi connectivity index (χ4n) is 2.02. The fourth-order valence-corrected chi connectivity index (χ4v) is 3.74. The molecule has 0 bridgehead atoms. The van der Waals surface area contributed by atoms with E-state index in [0.717, 1.165) is 0 Å². The van der Waals surface area contributed by atoms with Gasteiger partial charge in [-0.15, -0.1) is 0 Å². The number of morpholine rings is 1. The van der Waals surface area contributed by atoms with Gasteiger partial charge < -0.3 is 14.6 Å². The number of carboxylic acids is 1.